The van der Waals surface area contributed by atoms with Crippen molar-refractivity contribution in [1.82, 2.24) is 10.1 Å². The van der Waals surface area contributed by atoms with E-state index >= 15 is 0 Å². The molecule has 0 bridgehead atoms. The smallest absolute Gasteiger partial charge is 0.311 e. The molecule has 1 amide bonds. The molecule has 1 atom stereocenters. The summed E-state index contributed by atoms with van der Waals surface area (Å²) in [4.78, 5) is 25.9. The number of halogens is 1. The largest absolute Gasteiger partial charge is 0.481 e. The number of benzene rings is 1. The van der Waals surface area contributed by atoms with E-state index < -0.39 is 11.4 Å². The molecule has 0 radical (unpaired) electrons. The van der Waals surface area contributed by atoms with Gasteiger partial charge in [0.2, 0.25) is 0 Å². The van der Waals surface area contributed by atoms with Gasteiger partial charge in [-0.2, -0.15) is 0 Å². The molecule has 0 saturated carbocycles. The third kappa shape index (κ3) is 3.14. The minimum Gasteiger partial charge on any atom is -0.481 e. The molecular weight excluding hydrogens is 344 g/mol. The van der Waals surface area contributed by atoms with Gasteiger partial charge in [-0.25, -0.2) is 0 Å². The van der Waals surface area contributed by atoms with Crippen LogP contribution in [0.2, 0.25) is 5.02 Å². The second-order valence-corrected chi connectivity index (χ2v) is 7.11. The highest BCUT2D eigenvalue weighted by Crippen LogP contribution is 2.38. The van der Waals surface area contributed by atoms with Crippen molar-refractivity contribution < 1.29 is 19.2 Å². The van der Waals surface area contributed by atoms with E-state index in [1.165, 1.54) is 4.90 Å². The maximum atomic E-state index is 12.7. The zero-order chi connectivity index (χ0) is 18.2. The molecule has 2 heterocycles. The zero-order valence-corrected chi connectivity index (χ0v) is 14.8. The van der Waals surface area contributed by atoms with Crippen molar-refractivity contribution in [2.75, 3.05) is 13.1 Å². The van der Waals surface area contributed by atoms with Crippen molar-refractivity contribution in [1.29, 1.82) is 0 Å². The van der Waals surface area contributed by atoms with Crippen LogP contribution in [0.15, 0.2) is 34.9 Å². The molecular formula is C18H19ClN2O4. The van der Waals surface area contributed by atoms with Crippen molar-refractivity contribution in [2.45, 2.75) is 20.3 Å². The third-order valence-corrected chi connectivity index (χ3v) is 5.23. The van der Waals surface area contributed by atoms with Gasteiger partial charge in [0.1, 0.15) is 0 Å². The number of hydrogen-bond donors (Lipinski definition) is 1. The Balaban J connectivity index is 1.79. The van der Waals surface area contributed by atoms with Crippen LogP contribution in [0.25, 0.3) is 11.3 Å². The summed E-state index contributed by atoms with van der Waals surface area (Å²) < 4.78 is 5.26. The van der Waals surface area contributed by atoms with Gasteiger partial charge in [-0.1, -0.05) is 30.6 Å². The molecule has 1 aliphatic heterocycles. The monoisotopic (exact) mass is 362 g/mol. The number of aliphatic carboxylic acids is 1. The number of rotatable bonds is 4. The summed E-state index contributed by atoms with van der Waals surface area (Å²) in [5.41, 5.74) is 0.0348. The second-order valence-electron chi connectivity index (χ2n) is 6.68. The first kappa shape index (κ1) is 17.5. The summed E-state index contributed by atoms with van der Waals surface area (Å²) in [5, 5.41) is 14.1. The number of aromatic nitrogens is 1. The van der Waals surface area contributed by atoms with Crippen LogP contribution in [0, 0.1) is 11.3 Å². The number of likely N-dealkylation sites (tertiary alicyclic amines) is 1. The van der Waals surface area contributed by atoms with Gasteiger partial charge < -0.3 is 14.5 Å². The number of carbonyl (C=O) groups excluding carboxylic acids is 1. The normalized spacial score (nSPS) is 20.2. The summed E-state index contributed by atoms with van der Waals surface area (Å²) in [6.45, 7) is 4.32. The Morgan fingerprint density at radius 3 is 2.56 bits per heavy atom. The molecule has 1 fully saturated rings. The summed E-state index contributed by atoms with van der Waals surface area (Å²) in [7, 11) is 0. The van der Waals surface area contributed by atoms with Crippen molar-refractivity contribution in [3.8, 4) is 11.3 Å². The number of amides is 1. The lowest BCUT2D eigenvalue weighted by Crippen LogP contribution is -2.40. The lowest BCUT2D eigenvalue weighted by atomic mass is 9.76. The highest BCUT2D eigenvalue weighted by atomic mass is 35.5. The van der Waals surface area contributed by atoms with Crippen molar-refractivity contribution in [2.24, 2.45) is 11.3 Å². The number of carboxylic acids is 1. The van der Waals surface area contributed by atoms with E-state index in [-0.39, 0.29) is 24.1 Å². The molecule has 7 heteroatoms. The lowest BCUT2D eigenvalue weighted by molar-refractivity contribution is -0.150. The van der Waals surface area contributed by atoms with E-state index in [1.807, 2.05) is 13.8 Å². The van der Waals surface area contributed by atoms with E-state index in [2.05, 4.69) is 5.16 Å². The minimum absolute atomic E-state index is 0.0651. The van der Waals surface area contributed by atoms with Crippen LogP contribution in [0.1, 0.15) is 30.8 Å². The van der Waals surface area contributed by atoms with Crippen molar-refractivity contribution >= 4 is 23.5 Å². The highest BCUT2D eigenvalue weighted by molar-refractivity contribution is 6.30. The fourth-order valence-electron chi connectivity index (χ4n) is 3.19. The molecule has 0 spiro atoms. The van der Waals surface area contributed by atoms with E-state index in [0.717, 1.165) is 5.56 Å². The van der Waals surface area contributed by atoms with Gasteiger partial charge in [0.25, 0.3) is 5.91 Å². The third-order valence-electron chi connectivity index (χ3n) is 4.98. The van der Waals surface area contributed by atoms with E-state index in [1.54, 1.807) is 30.3 Å². The number of carbonyl (C=O) groups is 2. The molecule has 2 aromatic rings. The van der Waals surface area contributed by atoms with E-state index in [4.69, 9.17) is 16.1 Å². The lowest BCUT2D eigenvalue weighted by Gasteiger charge is -2.28. The number of carboxylic acid groups (broad SMARTS) is 1. The average molecular weight is 363 g/mol. The molecule has 132 valence electrons. The molecule has 1 aliphatic rings. The van der Waals surface area contributed by atoms with E-state index in [0.29, 0.717) is 23.7 Å². The predicted molar refractivity (Wildman–Crippen MR) is 92.4 cm³/mol. The Bertz CT molecular complexity index is 800. The standard InChI is InChI=1S/C18H19ClN2O4/c1-11(2)18(17(23)24)7-8-21(10-18)16(22)14-9-15(25-20-14)12-3-5-13(19)6-4-12/h3-6,9,11H,7-8,10H2,1-2H3,(H,23,24). The molecule has 0 aliphatic carbocycles. The number of hydrogen-bond acceptors (Lipinski definition) is 4. The maximum Gasteiger partial charge on any atom is 0.311 e. The Morgan fingerprint density at radius 2 is 2.00 bits per heavy atom. The fourth-order valence-corrected chi connectivity index (χ4v) is 3.31. The molecule has 1 aromatic carbocycles. The quantitative estimate of drug-likeness (QED) is 0.898. The molecule has 6 nitrogen and oxygen atoms in total. The van der Waals surface area contributed by atoms with Crippen LogP contribution >= 0.6 is 11.6 Å². The average Bonchev–Trinajstić information content (AvgIpc) is 3.23. The van der Waals surface area contributed by atoms with Gasteiger partial charge in [0.15, 0.2) is 11.5 Å². The van der Waals surface area contributed by atoms with Crippen LogP contribution in [0.3, 0.4) is 0 Å². The van der Waals surface area contributed by atoms with Crippen LogP contribution in [-0.2, 0) is 4.79 Å². The maximum absolute atomic E-state index is 12.7. The molecule has 1 saturated heterocycles. The van der Waals surface area contributed by atoms with Crippen LogP contribution < -0.4 is 0 Å². The first-order valence-electron chi connectivity index (χ1n) is 8.09. The van der Waals surface area contributed by atoms with Gasteiger partial charge >= 0.3 is 5.97 Å². The predicted octanol–water partition coefficient (Wildman–Crippen LogP) is 3.57. The fraction of sp³-hybridized carbons (Fsp3) is 0.389. The Kier molecular flexibility index (Phi) is 4.56. The first-order chi connectivity index (χ1) is 11.8. The van der Waals surface area contributed by atoms with Crippen molar-refractivity contribution in [3.05, 3.63) is 41.0 Å². The van der Waals surface area contributed by atoms with Gasteiger partial charge in [-0.05, 0) is 36.6 Å². The van der Waals surface area contributed by atoms with Gasteiger partial charge in [-0.3, -0.25) is 9.59 Å². The summed E-state index contributed by atoms with van der Waals surface area (Å²) in [6.07, 6.45) is 0.438. The van der Waals surface area contributed by atoms with Gasteiger partial charge in [-0.15, -0.1) is 0 Å². The molecule has 25 heavy (non-hydrogen) atoms. The molecule has 1 N–H and O–H groups in total. The van der Waals surface area contributed by atoms with Crippen molar-refractivity contribution in [3.63, 3.8) is 0 Å². The van der Waals surface area contributed by atoms with Gasteiger partial charge in [0, 0.05) is 29.7 Å². The molecule has 1 unspecified atom stereocenters. The number of nitrogens with zero attached hydrogens (tertiary/aromatic N) is 2. The molecule has 1 aromatic heterocycles. The molecule has 3 rings (SSSR count). The summed E-state index contributed by atoms with van der Waals surface area (Å²) >= 11 is 5.86. The highest BCUT2D eigenvalue weighted by Gasteiger charge is 2.48. The van der Waals surface area contributed by atoms with Crippen LogP contribution in [0.5, 0.6) is 0 Å². The van der Waals surface area contributed by atoms with Gasteiger partial charge in [0.05, 0.1) is 5.41 Å². The summed E-state index contributed by atoms with van der Waals surface area (Å²) in [5.74, 6) is -0.773. The first-order valence-corrected chi connectivity index (χ1v) is 8.46. The summed E-state index contributed by atoms with van der Waals surface area (Å²) in [6, 6.07) is 8.58. The SMILES string of the molecule is CC(C)C1(C(=O)O)CCN(C(=O)c2cc(-c3ccc(Cl)cc3)on2)C1. The Morgan fingerprint density at radius 1 is 1.32 bits per heavy atom. The Labute approximate surface area is 150 Å². The Hall–Kier alpha value is -2.34. The van der Waals surface area contributed by atoms with E-state index in [9.17, 15) is 14.7 Å². The topological polar surface area (TPSA) is 83.6 Å². The van der Waals surface area contributed by atoms with Crippen LogP contribution in [-0.4, -0.2) is 40.1 Å². The second kappa shape index (κ2) is 6.52. The zero-order valence-electron chi connectivity index (χ0n) is 14.0. The van der Waals surface area contributed by atoms with Crippen LogP contribution in [0.4, 0.5) is 0 Å². The minimum atomic E-state index is -0.904.